The molecule has 0 saturated carbocycles. The van der Waals surface area contributed by atoms with Crippen LogP contribution in [-0.2, 0) is 11.3 Å². The van der Waals surface area contributed by atoms with Crippen molar-refractivity contribution in [3.8, 4) is 0 Å². The van der Waals surface area contributed by atoms with E-state index in [1.807, 2.05) is 23.7 Å². The summed E-state index contributed by atoms with van der Waals surface area (Å²) in [5, 5.41) is 8.16. The van der Waals surface area contributed by atoms with Crippen LogP contribution < -0.4 is 11.1 Å². The SMILES string of the molecule is Cc1ccc2c(cnn2CCC(=O)Nc2cccc(C(N)=O)c2)c1. The molecular formula is C18H18N4O2. The smallest absolute Gasteiger partial charge is 0.248 e. The zero-order valence-corrected chi connectivity index (χ0v) is 13.3. The number of nitrogens with two attached hydrogens (primary N) is 1. The van der Waals surface area contributed by atoms with Gasteiger partial charge in [-0.15, -0.1) is 0 Å². The van der Waals surface area contributed by atoms with Gasteiger partial charge in [0.05, 0.1) is 18.3 Å². The van der Waals surface area contributed by atoms with Crippen molar-refractivity contribution in [3.63, 3.8) is 0 Å². The summed E-state index contributed by atoms with van der Waals surface area (Å²) in [6.45, 7) is 2.51. The first-order valence-electron chi connectivity index (χ1n) is 7.65. The summed E-state index contributed by atoms with van der Waals surface area (Å²) in [7, 11) is 0. The zero-order valence-electron chi connectivity index (χ0n) is 13.3. The second-order valence-electron chi connectivity index (χ2n) is 5.67. The maximum Gasteiger partial charge on any atom is 0.248 e. The van der Waals surface area contributed by atoms with Crippen molar-refractivity contribution in [3.05, 3.63) is 59.8 Å². The quantitative estimate of drug-likeness (QED) is 0.756. The van der Waals surface area contributed by atoms with Gasteiger partial charge in [0, 0.05) is 23.1 Å². The highest BCUT2D eigenvalue weighted by molar-refractivity contribution is 5.96. The first-order valence-corrected chi connectivity index (χ1v) is 7.65. The van der Waals surface area contributed by atoms with E-state index in [0.29, 0.717) is 17.8 Å². The Morgan fingerprint density at radius 1 is 1.21 bits per heavy atom. The fourth-order valence-corrected chi connectivity index (χ4v) is 2.57. The number of rotatable bonds is 5. The van der Waals surface area contributed by atoms with Gasteiger partial charge in [-0.2, -0.15) is 5.10 Å². The van der Waals surface area contributed by atoms with Gasteiger partial charge in [0.15, 0.2) is 0 Å². The predicted octanol–water partition coefficient (Wildman–Crippen LogP) is 2.47. The van der Waals surface area contributed by atoms with Gasteiger partial charge in [0.25, 0.3) is 0 Å². The van der Waals surface area contributed by atoms with E-state index in [2.05, 4.69) is 16.5 Å². The largest absolute Gasteiger partial charge is 0.366 e. The number of aryl methyl sites for hydroxylation is 2. The third-order valence-electron chi connectivity index (χ3n) is 3.78. The number of hydrogen-bond acceptors (Lipinski definition) is 3. The lowest BCUT2D eigenvalue weighted by Crippen LogP contribution is -2.16. The summed E-state index contributed by atoms with van der Waals surface area (Å²) in [5.41, 5.74) is 8.33. The van der Waals surface area contributed by atoms with Crippen LogP contribution in [0.1, 0.15) is 22.3 Å². The predicted molar refractivity (Wildman–Crippen MR) is 92.7 cm³/mol. The van der Waals surface area contributed by atoms with Crippen molar-refractivity contribution >= 4 is 28.4 Å². The van der Waals surface area contributed by atoms with Gasteiger partial charge in [-0.05, 0) is 37.3 Å². The lowest BCUT2D eigenvalue weighted by Gasteiger charge is -2.07. The molecule has 2 aromatic carbocycles. The summed E-state index contributed by atoms with van der Waals surface area (Å²) in [6, 6.07) is 12.7. The Hall–Kier alpha value is -3.15. The van der Waals surface area contributed by atoms with Crippen molar-refractivity contribution < 1.29 is 9.59 Å². The van der Waals surface area contributed by atoms with E-state index in [4.69, 9.17) is 5.73 Å². The Kier molecular flexibility index (Phi) is 4.29. The molecular weight excluding hydrogens is 304 g/mol. The number of nitrogens with zero attached hydrogens (tertiary/aromatic N) is 2. The van der Waals surface area contributed by atoms with Gasteiger partial charge in [-0.3, -0.25) is 14.3 Å². The molecule has 3 N–H and O–H groups in total. The number of carbonyl (C=O) groups excluding carboxylic acids is 2. The molecule has 0 atom stereocenters. The Labute approximate surface area is 139 Å². The molecule has 0 aliphatic rings. The molecule has 2 amide bonds. The number of hydrogen-bond donors (Lipinski definition) is 2. The Balaban J connectivity index is 1.65. The maximum atomic E-state index is 12.1. The fourth-order valence-electron chi connectivity index (χ4n) is 2.57. The van der Waals surface area contributed by atoms with Crippen molar-refractivity contribution in [1.82, 2.24) is 9.78 Å². The summed E-state index contributed by atoms with van der Waals surface area (Å²) in [6.07, 6.45) is 2.09. The normalized spacial score (nSPS) is 10.7. The van der Waals surface area contributed by atoms with Gasteiger partial charge < -0.3 is 11.1 Å². The molecule has 1 heterocycles. The Bertz CT molecular complexity index is 914. The van der Waals surface area contributed by atoms with Crippen LogP contribution in [0.25, 0.3) is 10.9 Å². The van der Waals surface area contributed by atoms with Gasteiger partial charge >= 0.3 is 0 Å². The first kappa shape index (κ1) is 15.7. The van der Waals surface area contributed by atoms with Gasteiger partial charge in [-0.25, -0.2) is 0 Å². The summed E-state index contributed by atoms with van der Waals surface area (Å²) in [4.78, 5) is 23.3. The standard InChI is InChI=1S/C18H18N4O2/c1-12-5-6-16-14(9-12)11-20-22(16)8-7-17(23)21-15-4-2-3-13(10-15)18(19)24/h2-6,9-11H,7-8H2,1H3,(H2,19,24)(H,21,23). The van der Waals surface area contributed by atoms with E-state index in [1.165, 1.54) is 5.56 Å². The number of benzene rings is 2. The number of fused-ring (bicyclic) bond motifs is 1. The van der Waals surface area contributed by atoms with Gasteiger partial charge in [-0.1, -0.05) is 17.7 Å². The fraction of sp³-hybridized carbons (Fsp3) is 0.167. The first-order chi connectivity index (χ1) is 11.5. The Morgan fingerprint density at radius 3 is 2.83 bits per heavy atom. The molecule has 0 aliphatic carbocycles. The van der Waals surface area contributed by atoms with E-state index >= 15 is 0 Å². The van der Waals surface area contributed by atoms with Crippen LogP contribution in [0.5, 0.6) is 0 Å². The molecule has 0 radical (unpaired) electrons. The number of amides is 2. The minimum Gasteiger partial charge on any atom is -0.366 e. The lowest BCUT2D eigenvalue weighted by molar-refractivity contribution is -0.116. The van der Waals surface area contributed by atoms with Crippen LogP contribution in [0.2, 0.25) is 0 Å². The molecule has 24 heavy (non-hydrogen) atoms. The number of nitrogens with one attached hydrogen (secondary N) is 1. The topological polar surface area (TPSA) is 90.0 Å². The maximum absolute atomic E-state index is 12.1. The van der Waals surface area contributed by atoms with Gasteiger partial charge in [0.1, 0.15) is 0 Å². The molecule has 6 heteroatoms. The highest BCUT2D eigenvalue weighted by atomic mass is 16.2. The summed E-state index contributed by atoms with van der Waals surface area (Å²) < 4.78 is 1.81. The third kappa shape index (κ3) is 3.43. The summed E-state index contributed by atoms with van der Waals surface area (Å²) in [5.74, 6) is -0.670. The highest BCUT2D eigenvalue weighted by Crippen LogP contribution is 2.16. The molecule has 3 rings (SSSR count). The molecule has 0 fully saturated rings. The van der Waals surface area contributed by atoms with E-state index < -0.39 is 5.91 Å². The average molecular weight is 322 g/mol. The lowest BCUT2D eigenvalue weighted by atomic mass is 10.2. The van der Waals surface area contributed by atoms with E-state index in [-0.39, 0.29) is 12.3 Å². The molecule has 0 bridgehead atoms. The Morgan fingerprint density at radius 2 is 2.04 bits per heavy atom. The molecule has 1 aromatic heterocycles. The molecule has 0 spiro atoms. The molecule has 0 aliphatic heterocycles. The summed E-state index contributed by atoms with van der Waals surface area (Å²) >= 11 is 0. The minimum atomic E-state index is -0.524. The minimum absolute atomic E-state index is 0.146. The second-order valence-corrected chi connectivity index (χ2v) is 5.67. The van der Waals surface area contributed by atoms with Crippen LogP contribution in [0, 0.1) is 6.92 Å². The van der Waals surface area contributed by atoms with Gasteiger partial charge in [0.2, 0.25) is 11.8 Å². The van der Waals surface area contributed by atoms with Crippen LogP contribution >= 0.6 is 0 Å². The number of primary amides is 1. The monoisotopic (exact) mass is 322 g/mol. The van der Waals surface area contributed by atoms with Crippen LogP contribution in [0.4, 0.5) is 5.69 Å². The highest BCUT2D eigenvalue weighted by Gasteiger charge is 2.08. The van der Waals surface area contributed by atoms with Crippen LogP contribution in [0.15, 0.2) is 48.7 Å². The number of carbonyl (C=O) groups is 2. The second kappa shape index (κ2) is 6.54. The molecule has 3 aromatic rings. The molecule has 0 saturated heterocycles. The van der Waals surface area contributed by atoms with E-state index in [0.717, 1.165) is 10.9 Å². The van der Waals surface area contributed by atoms with Crippen molar-refractivity contribution in [2.45, 2.75) is 19.9 Å². The van der Waals surface area contributed by atoms with Crippen LogP contribution in [-0.4, -0.2) is 21.6 Å². The van der Waals surface area contributed by atoms with Crippen molar-refractivity contribution in [2.75, 3.05) is 5.32 Å². The molecule has 0 unspecified atom stereocenters. The number of anilines is 1. The number of aromatic nitrogens is 2. The van der Waals surface area contributed by atoms with Crippen molar-refractivity contribution in [1.29, 1.82) is 0 Å². The third-order valence-corrected chi connectivity index (χ3v) is 3.78. The van der Waals surface area contributed by atoms with Crippen LogP contribution in [0.3, 0.4) is 0 Å². The molecule has 122 valence electrons. The average Bonchev–Trinajstić information content (AvgIpc) is 2.95. The van der Waals surface area contributed by atoms with E-state index in [1.54, 1.807) is 30.5 Å². The van der Waals surface area contributed by atoms with E-state index in [9.17, 15) is 9.59 Å². The zero-order chi connectivity index (χ0) is 17.1. The van der Waals surface area contributed by atoms with Crippen molar-refractivity contribution in [2.24, 2.45) is 5.73 Å². The molecule has 6 nitrogen and oxygen atoms in total.